The number of nitrogens with zero attached hydrogens (tertiary/aromatic N) is 3. The van der Waals surface area contributed by atoms with Crippen molar-refractivity contribution in [2.45, 2.75) is 45.7 Å². The molecule has 0 bridgehead atoms. The summed E-state index contributed by atoms with van der Waals surface area (Å²) in [7, 11) is -1.37. The summed E-state index contributed by atoms with van der Waals surface area (Å²) < 4.78 is 41.5. The van der Waals surface area contributed by atoms with Crippen LogP contribution in [0.25, 0.3) is 0 Å². The molecule has 0 aliphatic heterocycles. The normalized spacial score (nSPS) is 13.2. The van der Waals surface area contributed by atoms with E-state index in [1.165, 1.54) is 31.1 Å². The van der Waals surface area contributed by atoms with E-state index in [0.717, 1.165) is 32.7 Å². The first kappa shape index (κ1) is 28.3. The van der Waals surface area contributed by atoms with Crippen LogP contribution in [-0.4, -0.2) is 68.7 Å². The second-order valence-corrected chi connectivity index (χ2v) is 10.7. The fraction of sp³-hybridized carbons (Fsp3) is 0.440. The molecule has 0 radical (unpaired) electrons. The lowest BCUT2D eigenvalue weighted by Crippen LogP contribution is -2.54. The van der Waals surface area contributed by atoms with E-state index in [2.05, 4.69) is 5.32 Å². The molecule has 0 fully saturated rings. The Morgan fingerprint density at radius 1 is 1.00 bits per heavy atom. The predicted octanol–water partition coefficient (Wildman–Crippen LogP) is 2.81. The topological polar surface area (TPSA) is 90.0 Å². The van der Waals surface area contributed by atoms with E-state index in [1.54, 1.807) is 6.92 Å². The molecule has 0 aliphatic rings. The third kappa shape index (κ3) is 7.76. The lowest BCUT2D eigenvalue weighted by Gasteiger charge is -2.33. The smallest absolute Gasteiger partial charge is 0.304 e. The Labute approximate surface area is 207 Å². The van der Waals surface area contributed by atoms with Crippen LogP contribution in [0.2, 0.25) is 0 Å². The van der Waals surface area contributed by atoms with Gasteiger partial charge in [0.25, 0.3) is 0 Å². The maximum absolute atomic E-state index is 13.5. The van der Waals surface area contributed by atoms with Gasteiger partial charge in [-0.15, -0.1) is 0 Å². The second kappa shape index (κ2) is 12.6. The SMILES string of the molecule is CC[C@@H](C)NC(=O)[C@@H](C)N(CCc1ccccc1)C(=O)CN(c1ccc(F)cc1)S(=O)(=O)N(C)C. The van der Waals surface area contributed by atoms with Crippen LogP contribution in [-0.2, 0) is 26.2 Å². The zero-order valence-corrected chi connectivity index (χ0v) is 21.8. The highest BCUT2D eigenvalue weighted by Gasteiger charge is 2.32. The molecule has 0 saturated heterocycles. The molecule has 192 valence electrons. The van der Waals surface area contributed by atoms with Gasteiger partial charge in [-0.2, -0.15) is 12.7 Å². The van der Waals surface area contributed by atoms with Crippen LogP contribution in [0.5, 0.6) is 0 Å². The lowest BCUT2D eigenvalue weighted by atomic mass is 10.1. The Morgan fingerprint density at radius 2 is 1.60 bits per heavy atom. The lowest BCUT2D eigenvalue weighted by molar-refractivity contribution is -0.139. The van der Waals surface area contributed by atoms with Crippen LogP contribution in [0, 0.1) is 5.82 Å². The van der Waals surface area contributed by atoms with Gasteiger partial charge in [-0.25, -0.2) is 8.70 Å². The van der Waals surface area contributed by atoms with Crippen LogP contribution in [0.3, 0.4) is 0 Å². The van der Waals surface area contributed by atoms with Gasteiger partial charge in [0.15, 0.2) is 0 Å². The number of carbonyl (C=O) groups excluding carboxylic acids is 2. The van der Waals surface area contributed by atoms with Gasteiger partial charge in [0.1, 0.15) is 18.4 Å². The van der Waals surface area contributed by atoms with Gasteiger partial charge in [0.05, 0.1) is 5.69 Å². The standard InChI is InChI=1S/C25H35FN4O4S/c1-6-19(2)27-25(32)20(3)29(17-16-21-10-8-7-9-11-21)24(31)18-30(35(33,34)28(4)5)23-14-12-22(26)13-15-23/h7-15,19-20H,6,16-18H2,1-5H3,(H,27,32)/t19-,20-/m1/s1. The van der Waals surface area contributed by atoms with E-state index in [9.17, 15) is 22.4 Å². The van der Waals surface area contributed by atoms with E-state index in [1.807, 2.05) is 44.2 Å². The van der Waals surface area contributed by atoms with Crippen molar-refractivity contribution >= 4 is 27.7 Å². The van der Waals surface area contributed by atoms with Crippen molar-refractivity contribution in [1.29, 1.82) is 0 Å². The number of amides is 2. The molecule has 0 aliphatic carbocycles. The molecule has 2 atom stereocenters. The van der Waals surface area contributed by atoms with Crippen molar-refractivity contribution in [3.8, 4) is 0 Å². The van der Waals surface area contributed by atoms with Crippen molar-refractivity contribution in [3.05, 3.63) is 66.0 Å². The van der Waals surface area contributed by atoms with Gasteiger partial charge in [0.2, 0.25) is 11.8 Å². The van der Waals surface area contributed by atoms with Gasteiger partial charge in [-0.05, 0) is 56.5 Å². The first-order valence-corrected chi connectivity index (χ1v) is 13.0. The molecular weight excluding hydrogens is 471 g/mol. The first-order valence-electron chi connectivity index (χ1n) is 11.6. The van der Waals surface area contributed by atoms with Gasteiger partial charge >= 0.3 is 10.2 Å². The van der Waals surface area contributed by atoms with E-state index >= 15 is 0 Å². The summed E-state index contributed by atoms with van der Waals surface area (Å²) in [5, 5.41) is 2.89. The molecule has 2 amide bonds. The fourth-order valence-corrected chi connectivity index (χ4v) is 4.42. The summed E-state index contributed by atoms with van der Waals surface area (Å²) in [6.45, 7) is 5.13. The Hall–Kier alpha value is -2.98. The molecule has 0 unspecified atom stereocenters. The number of anilines is 1. The third-order valence-electron chi connectivity index (χ3n) is 5.79. The van der Waals surface area contributed by atoms with Crippen LogP contribution in [0.1, 0.15) is 32.8 Å². The maximum atomic E-state index is 13.5. The quantitative estimate of drug-likeness (QED) is 0.479. The minimum absolute atomic E-state index is 0.0687. The molecule has 1 N–H and O–H groups in total. The maximum Gasteiger partial charge on any atom is 0.304 e. The minimum Gasteiger partial charge on any atom is -0.352 e. The summed E-state index contributed by atoms with van der Waals surface area (Å²) in [5.41, 5.74) is 1.13. The molecule has 2 aromatic rings. The molecule has 35 heavy (non-hydrogen) atoms. The van der Waals surface area contributed by atoms with Gasteiger partial charge in [0, 0.05) is 26.7 Å². The first-order chi connectivity index (χ1) is 16.5. The van der Waals surface area contributed by atoms with Crippen molar-refractivity contribution in [1.82, 2.24) is 14.5 Å². The highest BCUT2D eigenvalue weighted by Crippen LogP contribution is 2.21. The number of nitrogens with one attached hydrogen (secondary N) is 1. The molecular formula is C25H35FN4O4S. The Morgan fingerprint density at radius 3 is 2.14 bits per heavy atom. The number of benzene rings is 2. The highest BCUT2D eigenvalue weighted by molar-refractivity contribution is 7.90. The Bertz CT molecular complexity index is 1080. The summed E-state index contributed by atoms with van der Waals surface area (Å²) >= 11 is 0. The number of halogens is 1. The molecule has 8 nitrogen and oxygen atoms in total. The van der Waals surface area contributed by atoms with Crippen LogP contribution in [0.15, 0.2) is 54.6 Å². The minimum atomic E-state index is -4.07. The second-order valence-electron chi connectivity index (χ2n) is 8.59. The van der Waals surface area contributed by atoms with Crippen LogP contribution in [0.4, 0.5) is 10.1 Å². The average molecular weight is 507 g/mol. The summed E-state index contributed by atoms with van der Waals surface area (Å²) in [6, 6.07) is 13.5. The predicted molar refractivity (Wildman–Crippen MR) is 136 cm³/mol. The number of hydrogen-bond acceptors (Lipinski definition) is 4. The molecule has 0 spiro atoms. The largest absolute Gasteiger partial charge is 0.352 e. The van der Waals surface area contributed by atoms with Crippen molar-refractivity contribution in [3.63, 3.8) is 0 Å². The Kier molecular flexibility index (Phi) is 10.2. The molecule has 0 heterocycles. The van der Waals surface area contributed by atoms with Crippen LogP contribution >= 0.6 is 0 Å². The van der Waals surface area contributed by atoms with E-state index in [-0.39, 0.29) is 24.2 Å². The number of rotatable bonds is 12. The van der Waals surface area contributed by atoms with Gasteiger partial charge in [-0.3, -0.25) is 9.59 Å². The van der Waals surface area contributed by atoms with Gasteiger partial charge < -0.3 is 10.2 Å². The Balaban J connectivity index is 2.36. The summed E-state index contributed by atoms with van der Waals surface area (Å²) in [4.78, 5) is 27.8. The van der Waals surface area contributed by atoms with Crippen LogP contribution < -0.4 is 9.62 Å². The summed E-state index contributed by atoms with van der Waals surface area (Å²) in [6.07, 6.45) is 1.22. The molecule has 2 rings (SSSR count). The van der Waals surface area contributed by atoms with Crippen molar-refractivity contribution < 1.29 is 22.4 Å². The van der Waals surface area contributed by atoms with E-state index in [4.69, 9.17) is 0 Å². The molecule has 10 heteroatoms. The number of carbonyl (C=O) groups is 2. The monoisotopic (exact) mass is 506 g/mol. The van der Waals surface area contributed by atoms with E-state index < -0.39 is 34.5 Å². The zero-order chi connectivity index (χ0) is 26.2. The molecule has 2 aromatic carbocycles. The van der Waals surface area contributed by atoms with Gasteiger partial charge in [-0.1, -0.05) is 37.3 Å². The zero-order valence-electron chi connectivity index (χ0n) is 20.9. The van der Waals surface area contributed by atoms with E-state index in [0.29, 0.717) is 6.42 Å². The average Bonchev–Trinajstić information content (AvgIpc) is 2.83. The van der Waals surface area contributed by atoms with Crippen molar-refractivity contribution in [2.24, 2.45) is 0 Å². The fourth-order valence-electron chi connectivity index (χ4n) is 3.36. The van der Waals surface area contributed by atoms with Crippen molar-refractivity contribution in [2.75, 3.05) is 31.5 Å². The molecule has 0 saturated carbocycles. The highest BCUT2D eigenvalue weighted by atomic mass is 32.2. The number of hydrogen-bond donors (Lipinski definition) is 1. The molecule has 0 aromatic heterocycles. The third-order valence-corrected chi connectivity index (χ3v) is 7.61. The summed E-state index contributed by atoms with van der Waals surface area (Å²) in [5.74, 6) is -1.38.